The minimum atomic E-state index is 0. The summed E-state index contributed by atoms with van der Waals surface area (Å²) in [6.45, 7) is 4.36. The van der Waals surface area contributed by atoms with Gasteiger partial charge in [0.1, 0.15) is 0 Å². The number of fused-ring (bicyclic) bond motifs is 1. The van der Waals surface area contributed by atoms with Gasteiger partial charge in [0.2, 0.25) is 0 Å². The van der Waals surface area contributed by atoms with Gasteiger partial charge in [0.15, 0.2) is 17.5 Å². The van der Waals surface area contributed by atoms with Crippen LogP contribution in [-0.4, -0.2) is 56.7 Å². The minimum absolute atomic E-state index is 0. The van der Waals surface area contributed by atoms with Crippen molar-refractivity contribution in [2.45, 2.75) is 19.5 Å². The van der Waals surface area contributed by atoms with Crippen molar-refractivity contribution in [2.75, 3.05) is 40.9 Å². The molecular formula is C21H30IN5O2. The number of methoxy groups -OCH3 is 2. The number of ether oxygens (including phenoxy) is 2. The Bertz CT molecular complexity index is 801. The zero-order chi connectivity index (χ0) is 19.8. The fourth-order valence-corrected chi connectivity index (χ4v) is 3.36. The maximum Gasteiger partial charge on any atom is 0.191 e. The van der Waals surface area contributed by atoms with Gasteiger partial charge in [-0.1, -0.05) is 6.07 Å². The predicted molar refractivity (Wildman–Crippen MR) is 126 cm³/mol. The first-order valence-corrected chi connectivity index (χ1v) is 9.54. The summed E-state index contributed by atoms with van der Waals surface area (Å²) < 4.78 is 10.9. The average Bonchev–Trinajstić information content (AvgIpc) is 2.75. The highest BCUT2D eigenvalue weighted by atomic mass is 127. The van der Waals surface area contributed by atoms with E-state index in [2.05, 4.69) is 37.6 Å². The molecule has 1 aromatic carbocycles. The molecule has 0 atom stereocenters. The van der Waals surface area contributed by atoms with Crippen molar-refractivity contribution in [2.24, 2.45) is 4.99 Å². The van der Waals surface area contributed by atoms with Crippen molar-refractivity contribution in [3.8, 4) is 11.5 Å². The number of benzene rings is 1. The summed E-state index contributed by atoms with van der Waals surface area (Å²) in [7, 11) is 5.14. The topological polar surface area (TPSA) is 71.0 Å². The van der Waals surface area contributed by atoms with Gasteiger partial charge in [0.25, 0.3) is 0 Å². The van der Waals surface area contributed by atoms with Gasteiger partial charge >= 0.3 is 0 Å². The molecule has 0 amide bonds. The summed E-state index contributed by atoms with van der Waals surface area (Å²) in [5.74, 6) is 2.38. The van der Waals surface area contributed by atoms with Crippen LogP contribution in [0.1, 0.15) is 16.8 Å². The molecule has 8 heteroatoms. The smallest absolute Gasteiger partial charge is 0.191 e. The van der Waals surface area contributed by atoms with Crippen LogP contribution < -0.4 is 20.1 Å². The van der Waals surface area contributed by atoms with E-state index in [1.54, 1.807) is 27.5 Å². The van der Waals surface area contributed by atoms with Gasteiger partial charge in [-0.2, -0.15) is 0 Å². The highest BCUT2D eigenvalue weighted by Crippen LogP contribution is 2.33. The van der Waals surface area contributed by atoms with E-state index in [4.69, 9.17) is 9.47 Å². The van der Waals surface area contributed by atoms with Crippen molar-refractivity contribution >= 4 is 29.9 Å². The van der Waals surface area contributed by atoms with Crippen LogP contribution in [0.4, 0.5) is 0 Å². The van der Waals surface area contributed by atoms with E-state index < -0.39 is 0 Å². The third-order valence-corrected chi connectivity index (χ3v) is 4.90. The number of hydrogen-bond donors (Lipinski definition) is 2. The molecule has 0 aliphatic carbocycles. The standard InChI is InChI=1S/C21H29N5O2.HI/c1-22-21(25-14-18-6-4-5-8-23-18)24-9-11-26-10-7-16-12-19(27-2)20(28-3)13-17(16)15-26;/h4-6,8,12-13H,7,9-11,14-15H2,1-3H3,(H2,22,24,25);1H. The summed E-state index contributed by atoms with van der Waals surface area (Å²) in [6, 6.07) is 10.1. The Morgan fingerprint density at radius 2 is 1.90 bits per heavy atom. The van der Waals surface area contributed by atoms with Gasteiger partial charge < -0.3 is 20.1 Å². The summed E-state index contributed by atoms with van der Waals surface area (Å²) in [6.07, 6.45) is 2.81. The number of halogens is 1. The molecule has 7 nitrogen and oxygen atoms in total. The lowest BCUT2D eigenvalue weighted by molar-refractivity contribution is 0.256. The van der Waals surface area contributed by atoms with Crippen LogP contribution in [-0.2, 0) is 19.5 Å². The molecule has 158 valence electrons. The largest absolute Gasteiger partial charge is 0.493 e. The SMILES string of the molecule is CN=C(NCCN1CCc2cc(OC)c(OC)cc2C1)NCc1ccccn1.I. The molecule has 2 aromatic rings. The number of guanidine groups is 1. The van der Waals surface area contributed by atoms with Crippen molar-refractivity contribution in [3.63, 3.8) is 0 Å². The van der Waals surface area contributed by atoms with Gasteiger partial charge in [0, 0.05) is 39.4 Å². The van der Waals surface area contributed by atoms with E-state index in [1.807, 2.05) is 18.2 Å². The molecule has 2 heterocycles. The van der Waals surface area contributed by atoms with Crippen molar-refractivity contribution in [1.82, 2.24) is 20.5 Å². The average molecular weight is 511 g/mol. The first-order chi connectivity index (χ1) is 13.7. The molecule has 0 bridgehead atoms. The molecule has 1 aliphatic heterocycles. The quantitative estimate of drug-likeness (QED) is 0.338. The Balaban J connectivity index is 0.00000300. The number of aliphatic imine (C=N–C) groups is 1. The van der Waals surface area contributed by atoms with Gasteiger partial charge in [-0.05, 0) is 41.8 Å². The minimum Gasteiger partial charge on any atom is -0.493 e. The first-order valence-electron chi connectivity index (χ1n) is 9.54. The Morgan fingerprint density at radius 3 is 2.55 bits per heavy atom. The van der Waals surface area contributed by atoms with Gasteiger partial charge in [-0.15, -0.1) is 24.0 Å². The maximum absolute atomic E-state index is 5.44. The number of pyridine rings is 1. The lowest BCUT2D eigenvalue weighted by Crippen LogP contribution is -2.42. The van der Waals surface area contributed by atoms with E-state index >= 15 is 0 Å². The highest BCUT2D eigenvalue weighted by molar-refractivity contribution is 14.0. The van der Waals surface area contributed by atoms with Crippen LogP contribution >= 0.6 is 24.0 Å². The molecular weight excluding hydrogens is 481 g/mol. The molecule has 3 rings (SSSR count). The van der Waals surface area contributed by atoms with Crippen LogP contribution in [0.25, 0.3) is 0 Å². The Kier molecular flexibility index (Phi) is 9.46. The fourth-order valence-electron chi connectivity index (χ4n) is 3.36. The van der Waals surface area contributed by atoms with Crippen molar-refractivity contribution < 1.29 is 9.47 Å². The zero-order valence-electron chi connectivity index (χ0n) is 17.3. The number of aromatic nitrogens is 1. The molecule has 0 unspecified atom stereocenters. The second-order valence-electron chi connectivity index (χ2n) is 6.68. The Labute approximate surface area is 189 Å². The van der Waals surface area contributed by atoms with Crippen LogP contribution in [0.3, 0.4) is 0 Å². The lowest BCUT2D eigenvalue weighted by atomic mass is 9.99. The summed E-state index contributed by atoms with van der Waals surface area (Å²) >= 11 is 0. The van der Waals surface area contributed by atoms with Crippen LogP contribution in [0.15, 0.2) is 41.5 Å². The van der Waals surface area contributed by atoms with Crippen LogP contribution in [0, 0.1) is 0 Å². The van der Waals surface area contributed by atoms with E-state index in [0.717, 1.165) is 55.8 Å². The molecule has 0 saturated heterocycles. The molecule has 1 aromatic heterocycles. The van der Waals surface area contributed by atoms with E-state index in [0.29, 0.717) is 6.54 Å². The third-order valence-electron chi connectivity index (χ3n) is 4.90. The molecule has 1 aliphatic rings. The predicted octanol–water partition coefficient (Wildman–Crippen LogP) is 2.44. The molecule has 0 fully saturated rings. The number of nitrogens with zero attached hydrogens (tertiary/aromatic N) is 3. The van der Waals surface area contributed by atoms with Gasteiger partial charge in [0.05, 0.1) is 26.5 Å². The monoisotopic (exact) mass is 511 g/mol. The van der Waals surface area contributed by atoms with Crippen LogP contribution in [0.2, 0.25) is 0 Å². The van der Waals surface area contributed by atoms with E-state index in [9.17, 15) is 0 Å². The second kappa shape index (κ2) is 11.8. The molecule has 29 heavy (non-hydrogen) atoms. The van der Waals surface area contributed by atoms with E-state index in [1.165, 1.54) is 11.1 Å². The highest BCUT2D eigenvalue weighted by Gasteiger charge is 2.19. The van der Waals surface area contributed by atoms with Gasteiger partial charge in [-0.25, -0.2) is 0 Å². The normalized spacial score (nSPS) is 13.8. The molecule has 2 N–H and O–H groups in total. The zero-order valence-corrected chi connectivity index (χ0v) is 19.6. The lowest BCUT2D eigenvalue weighted by Gasteiger charge is -2.29. The van der Waals surface area contributed by atoms with Crippen LogP contribution in [0.5, 0.6) is 11.5 Å². The van der Waals surface area contributed by atoms with E-state index in [-0.39, 0.29) is 24.0 Å². The fraction of sp³-hybridized carbons (Fsp3) is 0.429. The number of nitrogens with one attached hydrogen (secondary N) is 2. The number of hydrogen-bond acceptors (Lipinski definition) is 5. The maximum atomic E-state index is 5.44. The van der Waals surface area contributed by atoms with Crippen molar-refractivity contribution in [3.05, 3.63) is 53.3 Å². The Hall–Kier alpha value is -2.07. The molecule has 0 saturated carbocycles. The Morgan fingerprint density at radius 1 is 1.14 bits per heavy atom. The molecule has 0 spiro atoms. The molecule has 0 radical (unpaired) electrons. The summed E-state index contributed by atoms with van der Waals surface area (Å²) in [5.41, 5.74) is 3.64. The van der Waals surface area contributed by atoms with Crippen molar-refractivity contribution in [1.29, 1.82) is 0 Å². The third kappa shape index (κ3) is 6.46. The number of rotatable bonds is 7. The second-order valence-corrected chi connectivity index (χ2v) is 6.68. The summed E-state index contributed by atoms with van der Waals surface area (Å²) in [4.78, 5) is 11.0. The van der Waals surface area contributed by atoms with Gasteiger partial charge in [-0.3, -0.25) is 14.9 Å². The summed E-state index contributed by atoms with van der Waals surface area (Å²) in [5, 5.41) is 6.67. The first kappa shape index (κ1) is 23.2.